The standard InChI is InChI=1S/C17H25BN4O8/c19-11(16(25)21-5-13(20)23)8-22-6-10(7-22)30-12-2-1-9(3-4-18(28)29)15(24)14(12)17(26)27/h1-2,10-11,24,28-29H,3-8,19H2,(H2,20,23)(H,21,25)(H,26,27)/t11-/m0/s1. The van der Waals surface area contributed by atoms with E-state index in [-0.39, 0.29) is 43.2 Å². The maximum absolute atomic E-state index is 11.8. The maximum atomic E-state index is 11.8. The van der Waals surface area contributed by atoms with Crippen LogP contribution >= 0.6 is 0 Å². The number of rotatable bonds is 11. The minimum absolute atomic E-state index is 0.0125. The molecule has 0 bridgehead atoms. The van der Waals surface area contributed by atoms with Crippen LogP contribution < -0.4 is 21.5 Å². The first-order valence-corrected chi connectivity index (χ1v) is 9.23. The largest absolute Gasteiger partial charge is 0.507 e. The van der Waals surface area contributed by atoms with Crippen molar-refractivity contribution in [2.24, 2.45) is 11.5 Å². The van der Waals surface area contributed by atoms with Gasteiger partial charge in [-0.2, -0.15) is 0 Å². The number of nitrogens with zero attached hydrogens (tertiary/aromatic N) is 1. The van der Waals surface area contributed by atoms with Crippen LogP contribution in [-0.2, 0) is 16.0 Å². The number of aromatic hydroxyl groups is 1. The van der Waals surface area contributed by atoms with E-state index in [2.05, 4.69) is 5.32 Å². The SMILES string of the molecule is NC(=O)CNC(=O)[C@@H](N)CN1CC(Oc2ccc(CCB(O)O)c(O)c2C(=O)O)C1. The summed E-state index contributed by atoms with van der Waals surface area (Å²) in [6.45, 7) is 0.682. The summed E-state index contributed by atoms with van der Waals surface area (Å²) >= 11 is 0. The van der Waals surface area contributed by atoms with Crippen molar-refractivity contribution in [1.29, 1.82) is 0 Å². The lowest BCUT2D eigenvalue weighted by Crippen LogP contribution is -2.59. The van der Waals surface area contributed by atoms with E-state index in [4.69, 9.17) is 26.3 Å². The molecule has 1 aliphatic heterocycles. The lowest BCUT2D eigenvalue weighted by molar-refractivity contribution is -0.126. The number of hydrogen-bond acceptors (Lipinski definition) is 9. The van der Waals surface area contributed by atoms with Crippen molar-refractivity contribution in [3.8, 4) is 11.5 Å². The van der Waals surface area contributed by atoms with Crippen LogP contribution in [0.15, 0.2) is 12.1 Å². The number of primary amides is 1. The van der Waals surface area contributed by atoms with Crippen LogP contribution in [0.25, 0.3) is 0 Å². The predicted octanol–water partition coefficient (Wildman–Crippen LogP) is -2.90. The third-order valence-corrected chi connectivity index (χ3v) is 4.55. The van der Waals surface area contributed by atoms with Crippen LogP contribution in [0.2, 0.25) is 6.32 Å². The molecule has 0 saturated carbocycles. The van der Waals surface area contributed by atoms with Gasteiger partial charge in [0.05, 0.1) is 12.6 Å². The van der Waals surface area contributed by atoms with Crippen LogP contribution in [0.1, 0.15) is 15.9 Å². The number of carbonyl (C=O) groups is 3. The molecule has 12 nitrogen and oxygen atoms in total. The van der Waals surface area contributed by atoms with E-state index < -0.39 is 42.3 Å². The number of aromatic carboxylic acids is 1. The highest BCUT2D eigenvalue weighted by molar-refractivity contribution is 6.41. The van der Waals surface area contributed by atoms with E-state index in [0.29, 0.717) is 13.1 Å². The van der Waals surface area contributed by atoms with E-state index in [1.807, 2.05) is 4.90 Å². The first-order chi connectivity index (χ1) is 14.1. The topological polar surface area (TPSA) is 209 Å². The maximum Gasteiger partial charge on any atom is 0.451 e. The number of carbonyl (C=O) groups excluding carboxylic acids is 2. The van der Waals surface area contributed by atoms with Gasteiger partial charge in [0.15, 0.2) is 0 Å². The number of phenols is 1. The van der Waals surface area contributed by atoms with Gasteiger partial charge >= 0.3 is 13.1 Å². The summed E-state index contributed by atoms with van der Waals surface area (Å²) < 4.78 is 5.67. The Hall–Kier alpha value is -2.87. The van der Waals surface area contributed by atoms with E-state index in [0.717, 1.165) is 0 Å². The summed E-state index contributed by atoms with van der Waals surface area (Å²) in [5.41, 5.74) is 10.6. The Balaban J connectivity index is 1.92. The Labute approximate surface area is 172 Å². The fourth-order valence-corrected chi connectivity index (χ4v) is 3.00. The number of ether oxygens (including phenoxy) is 1. The van der Waals surface area contributed by atoms with Crippen LogP contribution in [0, 0.1) is 0 Å². The molecule has 1 aromatic carbocycles. The number of carboxylic acid groups (broad SMARTS) is 1. The normalized spacial score (nSPS) is 15.2. The van der Waals surface area contributed by atoms with Crippen molar-refractivity contribution in [3.05, 3.63) is 23.3 Å². The Morgan fingerprint density at radius 2 is 1.97 bits per heavy atom. The van der Waals surface area contributed by atoms with Gasteiger partial charge in [0, 0.05) is 19.6 Å². The third kappa shape index (κ3) is 6.32. The molecule has 9 N–H and O–H groups in total. The predicted molar refractivity (Wildman–Crippen MR) is 105 cm³/mol. The highest BCUT2D eigenvalue weighted by atomic mass is 16.5. The van der Waals surface area contributed by atoms with Crippen LogP contribution in [0.5, 0.6) is 11.5 Å². The second-order valence-electron chi connectivity index (χ2n) is 7.02. The molecule has 13 heteroatoms. The first-order valence-electron chi connectivity index (χ1n) is 9.23. The highest BCUT2D eigenvalue weighted by Crippen LogP contribution is 2.33. The Kier molecular flexibility index (Phi) is 8.00. The molecule has 1 saturated heterocycles. The summed E-state index contributed by atoms with van der Waals surface area (Å²) in [4.78, 5) is 35.8. The zero-order valence-corrected chi connectivity index (χ0v) is 16.2. The van der Waals surface area contributed by atoms with Gasteiger partial charge in [-0.05, 0) is 24.4 Å². The average molecular weight is 424 g/mol. The molecule has 164 valence electrons. The molecule has 0 aromatic heterocycles. The quantitative estimate of drug-likeness (QED) is 0.180. The van der Waals surface area contributed by atoms with Crippen LogP contribution in [-0.4, -0.2) is 88.4 Å². The van der Waals surface area contributed by atoms with Gasteiger partial charge in [-0.1, -0.05) is 6.07 Å². The van der Waals surface area contributed by atoms with Crippen molar-refractivity contribution in [1.82, 2.24) is 10.2 Å². The van der Waals surface area contributed by atoms with E-state index in [9.17, 15) is 24.6 Å². The number of likely N-dealkylation sites (tertiary alicyclic amines) is 1. The molecule has 0 aliphatic carbocycles. The molecule has 0 spiro atoms. The summed E-state index contributed by atoms with van der Waals surface area (Å²) in [5, 5.41) is 39.9. The minimum atomic E-state index is -1.57. The zero-order valence-electron chi connectivity index (χ0n) is 16.2. The van der Waals surface area contributed by atoms with Gasteiger partial charge in [-0.25, -0.2) is 4.79 Å². The van der Waals surface area contributed by atoms with Gasteiger partial charge in [0.25, 0.3) is 0 Å². The van der Waals surface area contributed by atoms with Crippen LogP contribution in [0.4, 0.5) is 0 Å². The number of aryl methyl sites for hydroxylation is 1. The molecule has 1 heterocycles. The van der Waals surface area contributed by atoms with Gasteiger partial charge in [-0.15, -0.1) is 0 Å². The first kappa shape index (κ1) is 23.4. The molecular weight excluding hydrogens is 399 g/mol. The van der Waals surface area contributed by atoms with Gasteiger partial charge in [0.1, 0.15) is 23.2 Å². The molecular formula is C17H25BN4O8. The second-order valence-corrected chi connectivity index (χ2v) is 7.02. The number of hydrogen-bond donors (Lipinski definition) is 7. The Morgan fingerprint density at radius 3 is 2.53 bits per heavy atom. The molecule has 30 heavy (non-hydrogen) atoms. The molecule has 0 radical (unpaired) electrons. The number of benzene rings is 1. The van der Waals surface area contributed by atoms with E-state index in [1.54, 1.807) is 0 Å². The van der Waals surface area contributed by atoms with Gasteiger partial charge in [-0.3, -0.25) is 14.5 Å². The molecule has 1 aliphatic rings. The van der Waals surface area contributed by atoms with E-state index in [1.165, 1.54) is 12.1 Å². The average Bonchev–Trinajstić information content (AvgIpc) is 2.62. The third-order valence-electron chi connectivity index (χ3n) is 4.55. The fraction of sp³-hybridized carbons (Fsp3) is 0.471. The van der Waals surface area contributed by atoms with Crippen molar-refractivity contribution < 1.29 is 39.4 Å². The Morgan fingerprint density at radius 1 is 1.30 bits per heavy atom. The van der Waals surface area contributed by atoms with Crippen molar-refractivity contribution in [2.45, 2.75) is 24.9 Å². The molecule has 0 unspecified atom stereocenters. The summed E-state index contributed by atoms with van der Waals surface area (Å²) in [7, 11) is -1.57. The molecule has 1 atom stereocenters. The zero-order chi connectivity index (χ0) is 22.4. The molecule has 1 fully saturated rings. The monoisotopic (exact) mass is 424 g/mol. The minimum Gasteiger partial charge on any atom is -0.507 e. The summed E-state index contributed by atoms with van der Waals surface area (Å²) in [6, 6.07) is 2.01. The van der Waals surface area contributed by atoms with Gasteiger partial charge < -0.3 is 41.8 Å². The summed E-state index contributed by atoms with van der Waals surface area (Å²) in [5.74, 6) is -3.06. The van der Waals surface area contributed by atoms with Crippen molar-refractivity contribution in [3.63, 3.8) is 0 Å². The molecule has 1 aromatic rings. The number of nitrogens with one attached hydrogen (secondary N) is 1. The van der Waals surface area contributed by atoms with E-state index >= 15 is 0 Å². The lowest BCUT2D eigenvalue weighted by atomic mass is 9.82. The number of amides is 2. The van der Waals surface area contributed by atoms with Crippen molar-refractivity contribution >= 4 is 24.9 Å². The fourth-order valence-electron chi connectivity index (χ4n) is 3.00. The second kappa shape index (κ2) is 10.3. The Bertz CT molecular complexity index is 800. The van der Waals surface area contributed by atoms with Crippen molar-refractivity contribution in [2.75, 3.05) is 26.2 Å². The molecule has 2 amide bonds. The highest BCUT2D eigenvalue weighted by Gasteiger charge is 2.32. The summed E-state index contributed by atoms with van der Waals surface area (Å²) in [6.07, 6.45) is -0.345. The molecule has 2 rings (SSSR count). The van der Waals surface area contributed by atoms with Gasteiger partial charge in [0.2, 0.25) is 11.8 Å². The number of nitrogens with two attached hydrogens (primary N) is 2. The number of carboxylic acids is 1. The lowest BCUT2D eigenvalue weighted by Gasteiger charge is -2.40. The smallest absolute Gasteiger partial charge is 0.451 e. The van der Waals surface area contributed by atoms with Crippen LogP contribution in [0.3, 0.4) is 0 Å².